The van der Waals surface area contributed by atoms with Crippen molar-refractivity contribution in [3.63, 3.8) is 0 Å². The van der Waals surface area contributed by atoms with Gasteiger partial charge in [0, 0.05) is 36.3 Å². The zero-order valence-corrected chi connectivity index (χ0v) is 17.6. The third-order valence-electron chi connectivity index (χ3n) is 4.88. The van der Waals surface area contributed by atoms with Gasteiger partial charge < -0.3 is 9.47 Å². The van der Waals surface area contributed by atoms with Crippen molar-refractivity contribution >= 4 is 29.2 Å². The van der Waals surface area contributed by atoms with Gasteiger partial charge in [-0.3, -0.25) is 19.9 Å². The summed E-state index contributed by atoms with van der Waals surface area (Å²) in [5, 5.41) is 10.6. The van der Waals surface area contributed by atoms with E-state index in [2.05, 4.69) is 0 Å². The molecule has 0 unspecified atom stereocenters. The van der Waals surface area contributed by atoms with Gasteiger partial charge in [0.15, 0.2) is 0 Å². The van der Waals surface area contributed by atoms with E-state index >= 15 is 0 Å². The van der Waals surface area contributed by atoms with Crippen LogP contribution in [-0.2, 0) is 22.7 Å². The number of cyclic esters (lactones) is 2. The van der Waals surface area contributed by atoms with Crippen LogP contribution in [0.15, 0.2) is 42.5 Å². The average molecular weight is 427 g/mol. The molecule has 2 aromatic carbocycles. The lowest BCUT2D eigenvalue weighted by Gasteiger charge is -2.28. The molecule has 9 heteroatoms. The molecule has 0 saturated heterocycles. The number of nitro benzene ring substituents is 1. The Hall–Kier alpha value is -3.62. The molecular formula is C22H25N3O6. The number of anilines is 2. The van der Waals surface area contributed by atoms with Gasteiger partial charge in [-0.05, 0) is 25.0 Å². The minimum absolute atomic E-state index is 0.0122. The van der Waals surface area contributed by atoms with E-state index in [1.165, 1.54) is 17.0 Å². The highest BCUT2D eigenvalue weighted by Gasteiger charge is 2.26. The van der Waals surface area contributed by atoms with E-state index in [1.54, 1.807) is 11.0 Å². The maximum atomic E-state index is 11.5. The molecule has 0 radical (unpaired) electrons. The van der Waals surface area contributed by atoms with Gasteiger partial charge in [0.25, 0.3) is 5.69 Å². The van der Waals surface area contributed by atoms with E-state index in [9.17, 15) is 19.7 Å². The van der Waals surface area contributed by atoms with Crippen LogP contribution in [0.5, 0.6) is 0 Å². The molecule has 0 spiro atoms. The summed E-state index contributed by atoms with van der Waals surface area (Å²) in [6.07, 6.45) is 1.10. The number of nitro groups is 1. The van der Waals surface area contributed by atoms with Gasteiger partial charge in [0.1, 0.15) is 13.2 Å². The number of hydrogen-bond donors (Lipinski definition) is 0. The minimum atomic E-state index is -0.457. The van der Waals surface area contributed by atoms with Gasteiger partial charge in [-0.2, -0.15) is 0 Å². The number of para-hydroxylation sites is 1. The van der Waals surface area contributed by atoms with Crippen LogP contribution >= 0.6 is 0 Å². The summed E-state index contributed by atoms with van der Waals surface area (Å²) in [6, 6.07) is 12.3. The molecule has 2 heterocycles. The topological polar surface area (TPSA) is 102 Å². The summed E-state index contributed by atoms with van der Waals surface area (Å²) in [6.45, 7) is 5.75. The second-order valence-electron chi connectivity index (χ2n) is 7.11. The summed E-state index contributed by atoms with van der Waals surface area (Å²) in [7, 11) is 0. The highest BCUT2D eigenvalue weighted by Crippen LogP contribution is 2.30. The molecule has 0 aliphatic carbocycles. The Balaban J connectivity index is 0.000000179. The van der Waals surface area contributed by atoms with Crippen LogP contribution in [-0.4, -0.2) is 30.2 Å². The molecule has 0 atom stereocenters. The van der Waals surface area contributed by atoms with Crippen molar-refractivity contribution in [2.24, 2.45) is 0 Å². The van der Waals surface area contributed by atoms with Gasteiger partial charge in [-0.15, -0.1) is 0 Å². The summed E-state index contributed by atoms with van der Waals surface area (Å²) in [5.74, 6) is 0. The fourth-order valence-electron chi connectivity index (χ4n) is 3.46. The number of rotatable bonds is 5. The van der Waals surface area contributed by atoms with Crippen LogP contribution in [0.1, 0.15) is 37.8 Å². The van der Waals surface area contributed by atoms with Crippen molar-refractivity contribution in [3.05, 3.63) is 63.7 Å². The zero-order chi connectivity index (χ0) is 22.4. The Morgan fingerprint density at radius 2 is 1.42 bits per heavy atom. The molecule has 2 aliphatic heterocycles. The Morgan fingerprint density at radius 1 is 0.871 bits per heavy atom. The molecule has 164 valence electrons. The number of carbonyl (C=O) groups excluding carboxylic acids is 2. The number of nitrogens with zero attached hydrogens (tertiary/aromatic N) is 3. The first-order valence-electron chi connectivity index (χ1n) is 10.2. The minimum Gasteiger partial charge on any atom is -0.444 e. The standard InChI is InChI=1S/C11H12N2O4.C11H13NO2/c1-2-5-12-10-4-3-9(13(15)16)6-8(10)7-17-11(12)14;1-2-7-12-10-6-4-3-5-9(10)8-14-11(12)13/h3-4,6H,2,5,7H2,1H3;3-6H,2,7-8H2,1H3. The lowest BCUT2D eigenvalue weighted by molar-refractivity contribution is -0.384. The molecule has 2 aromatic rings. The van der Waals surface area contributed by atoms with Gasteiger partial charge in [-0.25, -0.2) is 9.59 Å². The molecule has 0 aromatic heterocycles. The molecule has 0 saturated carbocycles. The predicted octanol–water partition coefficient (Wildman–Crippen LogP) is 5.01. The second kappa shape index (κ2) is 9.92. The smallest absolute Gasteiger partial charge is 0.414 e. The fraction of sp³-hybridized carbons (Fsp3) is 0.364. The first kappa shape index (κ1) is 22.1. The lowest BCUT2D eigenvalue weighted by atomic mass is 10.1. The second-order valence-corrected chi connectivity index (χ2v) is 7.11. The number of carbonyl (C=O) groups is 2. The van der Waals surface area contributed by atoms with Crippen molar-refractivity contribution in [3.8, 4) is 0 Å². The number of hydrogen-bond acceptors (Lipinski definition) is 6. The summed E-state index contributed by atoms with van der Waals surface area (Å²) >= 11 is 0. The number of ether oxygens (including phenoxy) is 2. The van der Waals surface area contributed by atoms with Crippen LogP contribution in [0, 0.1) is 10.1 Å². The normalized spacial score (nSPS) is 14.5. The first-order chi connectivity index (χ1) is 15.0. The number of fused-ring (bicyclic) bond motifs is 2. The number of benzene rings is 2. The molecule has 4 rings (SSSR count). The highest BCUT2D eigenvalue weighted by molar-refractivity contribution is 5.91. The molecule has 0 fully saturated rings. The monoisotopic (exact) mass is 427 g/mol. The third kappa shape index (κ3) is 4.93. The molecular weight excluding hydrogens is 402 g/mol. The van der Waals surface area contributed by atoms with E-state index < -0.39 is 11.0 Å². The Morgan fingerprint density at radius 3 is 2.00 bits per heavy atom. The molecule has 31 heavy (non-hydrogen) atoms. The fourth-order valence-corrected chi connectivity index (χ4v) is 3.46. The van der Waals surface area contributed by atoms with Crippen molar-refractivity contribution in [2.75, 3.05) is 22.9 Å². The van der Waals surface area contributed by atoms with E-state index in [4.69, 9.17) is 9.47 Å². The highest BCUT2D eigenvalue weighted by atomic mass is 16.6. The molecule has 0 N–H and O–H groups in total. The zero-order valence-electron chi connectivity index (χ0n) is 17.6. The van der Waals surface area contributed by atoms with E-state index in [0.29, 0.717) is 24.4 Å². The van der Waals surface area contributed by atoms with Crippen LogP contribution in [0.3, 0.4) is 0 Å². The van der Waals surface area contributed by atoms with E-state index in [1.807, 2.05) is 38.1 Å². The predicted molar refractivity (Wildman–Crippen MR) is 115 cm³/mol. The van der Waals surface area contributed by atoms with Gasteiger partial charge in [-0.1, -0.05) is 32.0 Å². The molecule has 2 aliphatic rings. The molecule has 9 nitrogen and oxygen atoms in total. The van der Waals surface area contributed by atoms with Crippen molar-refractivity contribution in [2.45, 2.75) is 39.9 Å². The maximum absolute atomic E-state index is 11.5. The Bertz CT molecular complexity index is 977. The maximum Gasteiger partial charge on any atom is 0.414 e. The van der Waals surface area contributed by atoms with E-state index in [0.717, 1.165) is 30.6 Å². The van der Waals surface area contributed by atoms with E-state index in [-0.39, 0.29) is 18.4 Å². The molecule has 2 amide bonds. The summed E-state index contributed by atoms with van der Waals surface area (Å²) in [4.78, 5) is 36.4. The average Bonchev–Trinajstić information content (AvgIpc) is 2.78. The quantitative estimate of drug-likeness (QED) is 0.491. The van der Waals surface area contributed by atoms with Gasteiger partial charge in [0.05, 0.1) is 16.3 Å². The number of amides is 2. The van der Waals surface area contributed by atoms with Crippen molar-refractivity contribution in [1.82, 2.24) is 0 Å². The summed E-state index contributed by atoms with van der Waals surface area (Å²) in [5.41, 5.74) is 3.46. The Kier molecular flexibility index (Phi) is 7.07. The van der Waals surface area contributed by atoms with Crippen molar-refractivity contribution in [1.29, 1.82) is 0 Å². The van der Waals surface area contributed by atoms with Crippen LogP contribution in [0.4, 0.5) is 26.7 Å². The lowest BCUT2D eigenvalue weighted by Crippen LogP contribution is -2.36. The van der Waals surface area contributed by atoms with Crippen LogP contribution in [0.2, 0.25) is 0 Å². The number of non-ortho nitro benzene ring substituents is 1. The third-order valence-corrected chi connectivity index (χ3v) is 4.88. The SMILES string of the molecule is CCCN1C(=O)OCc2cc([N+](=O)[O-])ccc21.CCCN1C(=O)OCc2ccccc21. The first-order valence-corrected chi connectivity index (χ1v) is 10.2. The van der Waals surface area contributed by atoms with Crippen LogP contribution < -0.4 is 9.80 Å². The largest absolute Gasteiger partial charge is 0.444 e. The van der Waals surface area contributed by atoms with Crippen molar-refractivity contribution < 1.29 is 24.0 Å². The van der Waals surface area contributed by atoms with Gasteiger partial charge in [0.2, 0.25) is 0 Å². The Labute approximate surface area is 180 Å². The van der Waals surface area contributed by atoms with Gasteiger partial charge >= 0.3 is 12.2 Å². The van der Waals surface area contributed by atoms with Crippen LogP contribution in [0.25, 0.3) is 0 Å². The summed E-state index contributed by atoms with van der Waals surface area (Å²) < 4.78 is 10.0. The molecule has 0 bridgehead atoms.